The van der Waals surface area contributed by atoms with Gasteiger partial charge < -0.3 is 0 Å². The minimum atomic E-state index is 1.07. The van der Waals surface area contributed by atoms with Crippen molar-refractivity contribution in [3.63, 3.8) is 0 Å². The first kappa shape index (κ1) is 15.0. The Morgan fingerprint density at radius 2 is 2.00 bits per heavy atom. The van der Waals surface area contributed by atoms with Gasteiger partial charge in [-0.05, 0) is 30.6 Å². The summed E-state index contributed by atoms with van der Waals surface area (Å²) < 4.78 is 0. The van der Waals surface area contributed by atoms with E-state index >= 15 is 0 Å². The number of hydrogen-bond donors (Lipinski definition) is 0. The minimum absolute atomic E-state index is 1.07. The van der Waals surface area contributed by atoms with Crippen LogP contribution in [0.1, 0.15) is 13.3 Å². The Balaban J connectivity index is 3.51. The second-order valence-electron chi connectivity index (χ2n) is 2.75. The van der Waals surface area contributed by atoms with Gasteiger partial charge in [-0.2, -0.15) is 0 Å². The average Bonchev–Trinajstić information content (AvgIpc) is 2.24. The Bertz CT molecular complexity index is 252. The van der Waals surface area contributed by atoms with E-state index in [-0.39, 0.29) is 0 Å². The lowest BCUT2D eigenvalue weighted by molar-refractivity contribution is 1.24. The maximum Gasteiger partial charge on any atom is 0.0110 e. The highest BCUT2D eigenvalue weighted by Gasteiger charge is 1.94. The van der Waals surface area contributed by atoms with E-state index in [4.69, 9.17) is 0 Å². The van der Waals surface area contributed by atoms with Crippen LogP contribution in [0.4, 0.5) is 0 Å². The molecule has 15 heavy (non-hydrogen) atoms. The molecule has 0 saturated carbocycles. The van der Waals surface area contributed by atoms with Crippen LogP contribution < -0.4 is 0 Å². The lowest BCUT2D eigenvalue weighted by Crippen LogP contribution is -1.77. The van der Waals surface area contributed by atoms with E-state index < -0.39 is 0 Å². The summed E-state index contributed by atoms with van der Waals surface area (Å²) in [5.74, 6) is 1.10. The van der Waals surface area contributed by atoms with Gasteiger partial charge in [-0.3, -0.25) is 0 Å². The van der Waals surface area contributed by atoms with Crippen LogP contribution in [0.3, 0.4) is 0 Å². The molecule has 0 fully saturated rings. The zero-order valence-electron chi connectivity index (χ0n) is 9.36. The topological polar surface area (TPSA) is 0 Å². The van der Waals surface area contributed by atoms with E-state index in [9.17, 15) is 0 Å². The third-order valence-corrected chi connectivity index (χ3v) is 4.62. The van der Waals surface area contributed by atoms with Gasteiger partial charge in [0.05, 0.1) is 0 Å². The van der Waals surface area contributed by atoms with Gasteiger partial charge in [0.1, 0.15) is 0 Å². The molecule has 0 rings (SSSR count). The largest absolute Gasteiger partial charge is 0.135 e. The van der Waals surface area contributed by atoms with Crippen molar-refractivity contribution in [3.05, 3.63) is 47.3 Å². The van der Waals surface area contributed by atoms with Gasteiger partial charge in [-0.25, -0.2) is 0 Å². The normalized spacial score (nSPS) is 11.3. The van der Waals surface area contributed by atoms with Crippen LogP contribution in [-0.4, -0.2) is 12.0 Å². The fraction of sp³-hybridized carbons (Fsp3) is 0.333. The van der Waals surface area contributed by atoms with Crippen LogP contribution in [0.25, 0.3) is 0 Å². The number of thioether (sulfide) groups is 1. The molecule has 0 radical (unpaired) electrons. The molecule has 0 heterocycles. The first-order valence-corrected chi connectivity index (χ1v) is 8.24. The van der Waals surface area contributed by atoms with Crippen molar-refractivity contribution >= 4 is 33.3 Å². The fourth-order valence-corrected chi connectivity index (χ4v) is 2.93. The van der Waals surface area contributed by atoms with Crippen molar-refractivity contribution in [3.8, 4) is 0 Å². The van der Waals surface area contributed by atoms with E-state index in [1.54, 1.807) is 22.6 Å². The quantitative estimate of drug-likeness (QED) is 0.330. The molecule has 0 spiro atoms. The Hall–Kier alpha value is 0.01000. The lowest BCUT2D eigenvalue weighted by Gasteiger charge is -2.01. The molecule has 0 aliphatic heterocycles. The maximum absolute atomic E-state index is 3.96. The first-order valence-electron chi connectivity index (χ1n) is 4.70. The molecule has 0 aromatic rings. The predicted molar refractivity (Wildman–Crippen MR) is 80.4 cm³/mol. The summed E-state index contributed by atoms with van der Waals surface area (Å²) in [6.45, 7) is 9.91. The summed E-state index contributed by atoms with van der Waals surface area (Å²) in [5.41, 5.74) is 0. The zero-order valence-corrected chi connectivity index (χ0v) is 11.8. The van der Waals surface area contributed by atoms with Gasteiger partial charge in [-0.1, -0.05) is 53.0 Å². The first-order chi connectivity index (χ1) is 7.20. The van der Waals surface area contributed by atoms with Crippen LogP contribution in [-0.2, 0) is 0 Å². The SMILES string of the molecule is C=C(/C=C\C=C/C)SSCCC(=C)SC. The van der Waals surface area contributed by atoms with Crippen molar-refractivity contribution in [2.45, 2.75) is 13.3 Å². The number of rotatable bonds is 8. The average molecular weight is 258 g/mol. The molecule has 0 amide bonds. The highest BCUT2D eigenvalue weighted by molar-refractivity contribution is 8.78. The predicted octanol–water partition coefficient (Wildman–Crippen LogP) is 5.28. The smallest absolute Gasteiger partial charge is 0.0110 e. The van der Waals surface area contributed by atoms with Crippen molar-refractivity contribution < 1.29 is 0 Å². The Kier molecular flexibility index (Phi) is 10.5. The monoisotopic (exact) mass is 258 g/mol. The summed E-state index contributed by atoms with van der Waals surface area (Å²) in [4.78, 5) is 2.34. The van der Waals surface area contributed by atoms with Crippen molar-refractivity contribution in [1.82, 2.24) is 0 Å². The molecule has 0 aliphatic rings. The van der Waals surface area contributed by atoms with E-state index in [1.165, 1.54) is 4.91 Å². The second-order valence-corrected chi connectivity index (χ2v) is 6.28. The molecule has 0 saturated heterocycles. The van der Waals surface area contributed by atoms with Gasteiger partial charge >= 0.3 is 0 Å². The van der Waals surface area contributed by atoms with Gasteiger partial charge in [0.25, 0.3) is 0 Å². The summed E-state index contributed by atoms with van der Waals surface area (Å²) >= 11 is 1.74. The lowest BCUT2D eigenvalue weighted by atomic mass is 10.4. The third-order valence-electron chi connectivity index (χ3n) is 1.50. The standard InChI is InChI=1S/C12H18S3/c1-5-6-7-8-12(3)15-14-10-9-11(2)13-4/h5-8H,2-3,9-10H2,1,4H3/b6-5-,8-7-. The summed E-state index contributed by atoms with van der Waals surface area (Å²) in [7, 11) is 3.56. The van der Waals surface area contributed by atoms with Gasteiger partial charge in [-0.15, -0.1) is 11.8 Å². The minimum Gasteiger partial charge on any atom is -0.135 e. The molecule has 0 aromatic heterocycles. The van der Waals surface area contributed by atoms with Crippen LogP contribution in [0.15, 0.2) is 47.3 Å². The molecule has 0 bridgehead atoms. The van der Waals surface area contributed by atoms with Crippen molar-refractivity contribution in [2.24, 2.45) is 0 Å². The zero-order chi connectivity index (χ0) is 11.5. The molecular formula is C12H18S3. The number of allylic oxidation sites excluding steroid dienone is 5. The van der Waals surface area contributed by atoms with Crippen molar-refractivity contribution in [2.75, 3.05) is 12.0 Å². The fourth-order valence-electron chi connectivity index (χ4n) is 0.677. The highest BCUT2D eigenvalue weighted by atomic mass is 33.1. The summed E-state index contributed by atoms with van der Waals surface area (Å²) in [6.07, 6.45) is 11.2. The van der Waals surface area contributed by atoms with E-state index in [2.05, 4.69) is 19.4 Å². The number of hydrogen-bond acceptors (Lipinski definition) is 3. The van der Waals surface area contributed by atoms with Crippen LogP contribution in [0.2, 0.25) is 0 Å². The maximum atomic E-state index is 3.96. The summed E-state index contributed by atoms with van der Waals surface area (Å²) in [5, 5.41) is 0. The summed E-state index contributed by atoms with van der Waals surface area (Å²) in [6, 6.07) is 0. The van der Waals surface area contributed by atoms with Crippen LogP contribution in [0.5, 0.6) is 0 Å². The third kappa shape index (κ3) is 10.3. The molecule has 0 aliphatic carbocycles. The molecule has 0 aromatic carbocycles. The van der Waals surface area contributed by atoms with Crippen LogP contribution in [0, 0.1) is 0 Å². The molecule has 0 N–H and O–H groups in total. The molecule has 84 valence electrons. The Labute approximate surface area is 106 Å². The molecule has 0 nitrogen and oxygen atoms in total. The van der Waals surface area contributed by atoms with Crippen molar-refractivity contribution in [1.29, 1.82) is 0 Å². The van der Waals surface area contributed by atoms with E-state index in [0.717, 1.165) is 17.1 Å². The molecule has 0 atom stereocenters. The Morgan fingerprint density at radius 3 is 2.60 bits per heavy atom. The van der Waals surface area contributed by atoms with Crippen LogP contribution >= 0.6 is 33.3 Å². The van der Waals surface area contributed by atoms with E-state index in [0.29, 0.717) is 0 Å². The van der Waals surface area contributed by atoms with Gasteiger partial charge in [0.15, 0.2) is 0 Å². The molecule has 3 heteroatoms. The Morgan fingerprint density at radius 1 is 1.27 bits per heavy atom. The van der Waals surface area contributed by atoms with E-state index in [1.807, 2.05) is 42.0 Å². The molecule has 0 unspecified atom stereocenters. The van der Waals surface area contributed by atoms with Gasteiger partial charge in [0, 0.05) is 10.7 Å². The molecular weight excluding hydrogens is 240 g/mol. The highest BCUT2D eigenvalue weighted by Crippen LogP contribution is 2.31. The second kappa shape index (κ2) is 10.5. The van der Waals surface area contributed by atoms with Gasteiger partial charge in [0.2, 0.25) is 0 Å².